The molecular formula is C18H28ClFN2O3. The van der Waals surface area contributed by atoms with Gasteiger partial charge < -0.3 is 20.5 Å². The molecule has 2 atom stereocenters. The van der Waals surface area contributed by atoms with E-state index in [2.05, 4.69) is 17.6 Å². The molecule has 1 amide bonds. The van der Waals surface area contributed by atoms with Gasteiger partial charge in [-0.05, 0) is 62.0 Å². The zero-order valence-corrected chi connectivity index (χ0v) is 15.4. The van der Waals surface area contributed by atoms with E-state index in [1.54, 1.807) is 0 Å². The maximum absolute atomic E-state index is 12.8. The standard InChI is InChI=1S/C18H27FN2O3.ClH/c1-13(14-6-8-20-9-7-14)10-18(23)21-11-16(22)12-24-17-4-2-15(19)3-5-17;/h2-5,13-14,16,20,22H,6-12H2,1H3,(H,21,23);1H. The molecule has 0 radical (unpaired) electrons. The summed E-state index contributed by atoms with van der Waals surface area (Å²) in [5.41, 5.74) is 0. The molecule has 25 heavy (non-hydrogen) atoms. The number of carbonyl (C=O) groups excluding carboxylic acids is 1. The SMILES string of the molecule is CC(CC(=O)NCC(O)COc1ccc(F)cc1)C1CCNCC1.Cl. The number of piperidine rings is 1. The third-order valence-corrected chi connectivity index (χ3v) is 4.49. The maximum atomic E-state index is 12.8. The largest absolute Gasteiger partial charge is 0.491 e. The second kappa shape index (κ2) is 11.3. The van der Waals surface area contributed by atoms with Crippen molar-refractivity contribution in [3.8, 4) is 5.75 Å². The van der Waals surface area contributed by atoms with Crippen LogP contribution in [-0.4, -0.2) is 43.4 Å². The molecule has 2 unspecified atom stereocenters. The summed E-state index contributed by atoms with van der Waals surface area (Å²) < 4.78 is 18.1. The summed E-state index contributed by atoms with van der Waals surface area (Å²) in [6.45, 7) is 4.37. The first-order valence-electron chi connectivity index (χ1n) is 8.58. The van der Waals surface area contributed by atoms with Crippen molar-refractivity contribution in [1.82, 2.24) is 10.6 Å². The molecule has 7 heteroatoms. The van der Waals surface area contributed by atoms with Crippen molar-refractivity contribution in [1.29, 1.82) is 0 Å². The molecule has 1 aliphatic rings. The van der Waals surface area contributed by atoms with Gasteiger partial charge in [-0.15, -0.1) is 12.4 Å². The smallest absolute Gasteiger partial charge is 0.220 e. The molecule has 5 nitrogen and oxygen atoms in total. The molecule has 1 saturated heterocycles. The number of carbonyl (C=O) groups is 1. The van der Waals surface area contributed by atoms with Crippen LogP contribution in [0, 0.1) is 17.7 Å². The lowest BCUT2D eigenvalue weighted by Crippen LogP contribution is -2.37. The molecule has 1 heterocycles. The number of hydrogen-bond acceptors (Lipinski definition) is 4. The molecular weight excluding hydrogens is 347 g/mol. The molecule has 3 N–H and O–H groups in total. The number of amides is 1. The minimum atomic E-state index is -0.798. The number of rotatable bonds is 8. The quantitative estimate of drug-likeness (QED) is 0.652. The van der Waals surface area contributed by atoms with Crippen LogP contribution in [0.1, 0.15) is 26.2 Å². The zero-order chi connectivity index (χ0) is 17.4. The Bertz CT molecular complexity index is 510. The highest BCUT2D eigenvalue weighted by Crippen LogP contribution is 2.24. The van der Waals surface area contributed by atoms with Gasteiger partial charge in [0.05, 0.1) is 0 Å². The minimum Gasteiger partial charge on any atom is -0.491 e. The first kappa shape index (κ1) is 21.7. The van der Waals surface area contributed by atoms with Crippen LogP contribution < -0.4 is 15.4 Å². The second-order valence-electron chi connectivity index (χ2n) is 6.49. The maximum Gasteiger partial charge on any atom is 0.220 e. The summed E-state index contributed by atoms with van der Waals surface area (Å²) in [6, 6.07) is 5.60. The first-order chi connectivity index (χ1) is 11.5. The van der Waals surface area contributed by atoms with Crippen LogP contribution in [0.5, 0.6) is 5.75 Å². The number of benzene rings is 1. The molecule has 1 aromatic carbocycles. The molecule has 0 bridgehead atoms. The fraction of sp³-hybridized carbons (Fsp3) is 0.611. The number of aliphatic hydroxyl groups is 1. The van der Waals surface area contributed by atoms with Crippen molar-refractivity contribution >= 4 is 18.3 Å². The molecule has 0 saturated carbocycles. The zero-order valence-electron chi connectivity index (χ0n) is 14.5. The van der Waals surface area contributed by atoms with Gasteiger partial charge in [-0.3, -0.25) is 4.79 Å². The highest BCUT2D eigenvalue weighted by atomic mass is 35.5. The van der Waals surface area contributed by atoms with Crippen molar-refractivity contribution in [2.24, 2.45) is 11.8 Å². The van der Waals surface area contributed by atoms with Crippen molar-refractivity contribution in [3.63, 3.8) is 0 Å². The summed E-state index contributed by atoms with van der Waals surface area (Å²) in [6.07, 6.45) is 1.91. The van der Waals surface area contributed by atoms with Crippen LogP contribution in [0.4, 0.5) is 4.39 Å². The average molecular weight is 375 g/mol. The normalized spacial score (nSPS) is 17.2. The molecule has 2 rings (SSSR count). The Hall–Kier alpha value is -1.37. The number of aliphatic hydroxyl groups excluding tert-OH is 1. The van der Waals surface area contributed by atoms with Crippen LogP contribution in [0.3, 0.4) is 0 Å². The average Bonchev–Trinajstić information content (AvgIpc) is 2.60. The number of ether oxygens (including phenoxy) is 1. The van der Waals surface area contributed by atoms with E-state index in [-0.39, 0.29) is 37.3 Å². The van der Waals surface area contributed by atoms with E-state index in [1.165, 1.54) is 24.3 Å². The van der Waals surface area contributed by atoms with E-state index in [0.29, 0.717) is 24.0 Å². The van der Waals surface area contributed by atoms with Gasteiger partial charge in [0.15, 0.2) is 0 Å². The van der Waals surface area contributed by atoms with E-state index in [9.17, 15) is 14.3 Å². The predicted molar refractivity (Wildman–Crippen MR) is 97.5 cm³/mol. The van der Waals surface area contributed by atoms with Crippen LogP contribution in [0.15, 0.2) is 24.3 Å². The first-order valence-corrected chi connectivity index (χ1v) is 8.58. The highest BCUT2D eigenvalue weighted by molar-refractivity contribution is 5.85. The van der Waals surface area contributed by atoms with Gasteiger partial charge in [-0.1, -0.05) is 6.92 Å². The van der Waals surface area contributed by atoms with Gasteiger partial charge >= 0.3 is 0 Å². The van der Waals surface area contributed by atoms with E-state index >= 15 is 0 Å². The Labute approximate surface area is 154 Å². The molecule has 0 aliphatic carbocycles. The van der Waals surface area contributed by atoms with Crippen molar-refractivity contribution < 1.29 is 19.0 Å². The summed E-state index contributed by atoms with van der Waals surface area (Å²) in [7, 11) is 0. The molecule has 142 valence electrons. The number of nitrogens with one attached hydrogen (secondary N) is 2. The fourth-order valence-corrected chi connectivity index (χ4v) is 2.96. The summed E-state index contributed by atoms with van der Waals surface area (Å²) >= 11 is 0. The Morgan fingerprint density at radius 3 is 2.64 bits per heavy atom. The molecule has 1 aliphatic heterocycles. The van der Waals surface area contributed by atoms with Crippen LogP contribution in [0.2, 0.25) is 0 Å². The lowest BCUT2D eigenvalue weighted by molar-refractivity contribution is -0.122. The Morgan fingerprint density at radius 1 is 1.36 bits per heavy atom. The lowest BCUT2D eigenvalue weighted by Gasteiger charge is -2.28. The van der Waals surface area contributed by atoms with Crippen molar-refractivity contribution in [3.05, 3.63) is 30.1 Å². The predicted octanol–water partition coefficient (Wildman–Crippen LogP) is 2.13. The Morgan fingerprint density at radius 2 is 2.00 bits per heavy atom. The molecule has 1 aromatic rings. The van der Waals surface area contributed by atoms with Crippen molar-refractivity contribution in [2.45, 2.75) is 32.3 Å². The van der Waals surface area contributed by atoms with Gasteiger partial charge in [0.1, 0.15) is 24.3 Å². The van der Waals surface area contributed by atoms with Gasteiger partial charge in [-0.25, -0.2) is 4.39 Å². The van der Waals surface area contributed by atoms with E-state index in [1.807, 2.05) is 0 Å². The molecule has 0 aromatic heterocycles. The highest BCUT2D eigenvalue weighted by Gasteiger charge is 2.22. The van der Waals surface area contributed by atoms with Gasteiger partial charge in [0.25, 0.3) is 0 Å². The Balaban J connectivity index is 0.00000312. The van der Waals surface area contributed by atoms with E-state index in [0.717, 1.165) is 25.9 Å². The van der Waals surface area contributed by atoms with Gasteiger partial charge in [-0.2, -0.15) is 0 Å². The second-order valence-corrected chi connectivity index (χ2v) is 6.49. The Kier molecular flexibility index (Phi) is 9.78. The topological polar surface area (TPSA) is 70.6 Å². The third kappa shape index (κ3) is 8.03. The lowest BCUT2D eigenvalue weighted by atomic mass is 9.84. The minimum absolute atomic E-state index is 0. The van der Waals surface area contributed by atoms with Gasteiger partial charge in [0, 0.05) is 13.0 Å². The number of hydrogen-bond donors (Lipinski definition) is 3. The number of halogens is 2. The van der Waals surface area contributed by atoms with E-state index in [4.69, 9.17) is 4.74 Å². The third-order valence-electron chi connectivity index (χ3n) is 4.49. The van der Waals surface area contributed by atoms with Crippen LogP contribution in [-0.2, 0) is 4.79 Å². The van der Waals surface area contributed by atoms with Crippen LogP contribution >= 0.6 is 12.4 Å². The molecule has 1 fully saturated rings. The van der Waals surface area contributed by atoms with E-state index < -0.39 is 6.10 Å². The van der Waals surface area contributed by atoms with Gasteiger partial charge in [0.2, 0.25) is 5.91 Å². The summed E-state index contributed by atoms with van der Waals surface area (Å²) in [5.74, 6) is 1.05. The summed E-state index contributed by atoms with van der Waals surface area (Å²) in [5, 5.41) is 16.0. The van der Waals surface area contributed by atoms with Crippen LogP contribution in [0.25, 0.3) is 0 Å². The monoisotopic (exact) mass is 374 g/mol. The summed E-state index contributed by atoms with van der Waals surface area (Å²) in [4.78, 5) is 12.0. The van der Waals surface area contributed by atoms with Crippen molar-refractivity contribution in [2.75, 3.05) is 26.2 Å². The molecule has 0 spiro atoms. The fourth-order valence-electron chi connectivity index (χ4n) is 2.96.